The van der Waals surface area contributed by atoms with E-state index >= 15 is 0 Å². The first-order chi connectivity index (χ1) is 19.4. The fraction of sp³-hybridized carbons (Fsp3) is 0.100. The number of nitrogen functional groups attached to an aromatic ring is 2. The van der Waals surface area contributed by atoms with Gasteiger partial charge in [-0.1, -0.05) is 42.3 Å². The van der Waals surface area contributed by atoms with Crippen LogP contribution in [0.25, 0.3) is 39.1 Å². The second-order valence-corrected chi connectivity index (χ2v) is 9.31. The number of terminal acetylenes is 1. The summed E-state index contributed by atoms with van der Waals surface area (Å²) in [4.78, 5) is 26.7. The van der Waals surface area contributed by atoms with E-state index in [1.54, 1.807) is 22.2 Å². The van der Waals surface area contributed by atoms with Crippen LogP contribution in [0.2, 0.25) is 0 Å². The monoisotopic (exact) mass is 528 g/mol. The minimum absolute atomic E-state index is 0.0313. The second kappa shape index (κ2) is 9.56. The van der Waals surface area contributed by atoms with Gasteiger partial charge in [0.15, 0.2) is 5.65 Å². The highest BCUT2D eigenvalue weighted by molar-refractivity contribution is 6.02. The molecule has 0 amide bonds. The summed E-state index contributed by atoms with van der Waals surface area (Å²) in [5, 5.41) is 6.82. The molecule has 10 heteroatoms. The van der Waals surface area contributed by atoms with Crippen molar-refractivity contribution in [3.8, 4) is 18.0 Å². The number of allylic oxidation sites excluding steroid dienone is 1. The van der Waals surface area contributed by atoms with Crippen molar-refractivity contribution in [2.45, 2.75) is 20.4 Å². The van der Waals surface area contributed by atoms with Gasteiger partial charge in [-0.05, 0) is 49.1 Å². The van der Waals surface area contributed by atoms with Crippen LogP contribution in [0.5, 0.6) is 0 Å². The highest BCUT2D eigenvalue weighted by Crippen LogP contribution is 2.30. The molecule has 4 N–H and O–H groups in total. The second-order valence-electron chi connectivity index (χ2n) is 9.31. The topological polar surface area (TPSA) is 144 Å². The van der Waals surface area contributed by atoms with Crippen molar-refractivity contribution in [2.75, 3.05) is 11.5 Å². The molecule has 0 radical (unpaired) electrons. The summed E-state index contributed by atoms with van der Waals surface area (Å²) in [5.41, 5.74) is 16.0. The molecule has 0 bridgehead atoms. The van der Waals surface area contributed by atoms with E-state index in [9.17, 15) is 4.79 Å². The summed E-state index contributed by atoms with van der Waals surface area (Å²) in [5.74, 6) is 3.40. The summed E-state index contributed by atoms with van der Waals surface area (Å²) in [6.45, 7) is 3.88. The Labute approximate surface area is 228 Å². The van der Waals surface area contributed by atoms with Crippen molar-refractivity contribution < 1.29 is 4.42 Å². The number of pyridine rings is 1. The van der Waals surface area contributed by atoms with Crippen LogP contribution in [0.3, 0.4) is 0 Å². The molecule has 0 aliphatic rings. The number of benzene rings is 2. The van der Waals surface area contributed by atoms with Gasteiger partial charge in [0.1, 0.15) is 29.3 Å². The molecule has 40 heavy (non-hydrogen) atoms. The Bertz CT molecular complexity index is 2060. The molecule has 0 saturated heterocycles. The average molecular weight is 529 g/mol. The Kier molecular flexibility index (Phi) is 5.89. The molecule has 0 fully saturated rings. The third-order valence-electron chi connectivity index (χ3n) is 6.76. The first-order valence-electron chi connectivity index (χ1n) is 12.4. The quantitative estimate of drug-likeness (QED) is 0.318. The molecule has 0 saturated carbocycles. The molecule has 4 heterocycles. The van der Waals surface area contributed by atoms with E-state index in [1.165, 1.54) is 6.33 Å². The molecule has 10 nitrogen and oxygen atoms in total. The molecule has 6 aromatic rings. The van der Waals surface area contributed by atoms with Crippen LogP contribution < -0.4 is 17.0 Å². The molecule has 0 atom stereocenters. The SMILES string of the molecule is C#C/C(=C\c1nc(N)oc1C)c1nn(Cc2cc3cccc(C)c3c(=O)n2-c2ccccc2)c2ncnc(N)c12. The Balaban J connectivity index is 1.58. The number of hydrogen-bond acceptors (Lipinski definition) is 8. The number of para-hydroxylation sites is 1. The summed E-state index contributed by atoms with van der Waals surface area (Å²) in [7, 11) is 0. The van der Waals surface area contributed by atoms with E-state index in [4.69, 9.17) is 27.4 Å². The van der Waals surface area contributed by atoms with Gasteiger partial charge in [-0.15, -0.1) is 6.42 Å². The number of anilines is 2. The van der Waals surface area contributed by atoms with Crippen LogP contribution >= 0.6 is 0 Å². The third kappa shape index (κ3) is 4.06. The van der Waals surface area contributed by atoms with E-state index in [2.05, 4.69) is 20.9 Å². The van der Waals surface area contributed by atoms with Gasteiger partial charge in [-0.3, -0.25) is 9.36 Å². The van der Waals surface area contributed by atoms with Crippen molar-refractivity contribution in [1.82, 2.24) is 29.3 Å². The number of nitrogens with two attached hydrogens (primary N) is 2. The molecule has 196 valence electrons. The number of hydrogen-bond donors (Lipinski definition) is 2. The summed E-state index contributed by atoms with van der Waals surface area (Å²) < 4.78 is 8.72. The van der Waals surface area contributed by atoms with Crippen molar-refractivity contribution in [1.29, 1.82) is 0 Å². The standard InChI is InChI=1S/C30H24N8O2/c1-4-19(14-23-18(3)40-30(32)35-23)26-25-27(31)33-16-34-28(25)37(36-26)15-22-13-20-10-8-9-17(2)24(20)29(39)38(22)21-11-6-5-7-12-21/h1,5-14,16H,15H2,2-3H3,(H2,32,35)(H2,31,33,34)/b19-14+. The number of aromatic nitrogens is 6. The Morgan fingerprint density at radius 3 is 2.60 bits per heavy atom. The first-order valence-corrected chi connectivity index (χ1v) is 12.4. The highest BCUT2D eigenvalue weighted by atomic mass is 16.4. The minimum Gasteiger partial charge on any atom is -0.429 e. The van der Waals surface area contributed by atoms with Gasteiger partial charge in [-0.2, -0.15) is 10.1 Å². The van der Waals surface area contributed by atoms with Crippen LogP contribution in [-0.4, -0.2) is 29.3 Å². The molecule has 6 rings (SSSR count). The maximum atomic E-state index is 13.9. The zero-order chi connectivity index (χ0) is 28.0. The number of fused-ring (bicyclic) bond motifs is 2. The van der Waals surface area contributed by atoms with Crippen LogP contribution in [-0.2, 0) is 6.54 Å². The van der Waals surface area contributed by atoms with Crippen LogP contribution in [0.4, 0.5) is 11.8 Å². The molecule has 0 unspecified atom stereocenters. The summed E-state index contributed by atoms with van der Waals surface area (Å²) in [6, 6.07) is 17.3. The lowest BCUT2D eigenvalue weighted by Gasteiger charge is -2.16. The van der Waals surface area contributed by atoms with Crippen LogP contribution in [0.1, 0.15) is 28.4 Å². The van der Waals surface area contributed by atoms with Gasteiger partial charge in [0.05, 0.1) is 22.9 Å². The van der Waals surface area contributed by atoms with Gasteiger partial charge in [0, 0.05) is 11.4 Å². The van der Waals surface area contributed by atoms with E-state index in [0.29, 0.717) is 44.8 Å². The smallest absolute Gasteiger partial charge is 0.292 e. The lowest BCUT2D eigenvalue weighted by molar-refractivity contribution is 0.547. The third-order valence-corrected chi connectivity index (χ3v) is 6.76. The van der Waals surface area contributed by atoms with Crippen molar-refractivity contribution >= 4 is 45.3 Å². The number of oxazole rings is 1. The van der Waals surface area contributed by atoms with Gasteiger partial charge in [-0.25, -0.2) is 14.6 Å². The van der Waals surface area contributed by atoms with E-state index < -0.39 is 0 Å². The van der Waals surface area contributed by atoms with E-state index in [0.717, 1.165) is 16.6 Å². The van der Waals surface area contributed by atoms with Gasteiger partial charge in [0.2, 0.25) is 0 Å². The van der Waals surface area contributed by atoms with Gasteiger partial charge < -0.3 is 15.9 Å². The Morgan fingerprint density at radius 1 is 1.07 bits per heavy atom. The Hall–Kier alpha value is -5.69. The number of aryl methyl sites for hydroxylation is 2. The van der Waals surface area contributed by atoms with Gasteiger partial charge in [0.25, 0.3) is 11.6 Å². The maximum absolute atomic E-state index is 13.9. The number of rotatable bonds is 5. The molecule has 0 spiro atoms. The predicted octanol–water partition coefficient (Wildman–Crippen LogP) is 4.12. The van der Waals surface area contributed by atoms with Crippen LogP contribution in [0, 0.1) is 26.2 Å². The fourth-order valence-corrected chi connectivity index (χ4v) is 4.93. The van der Waals surface area contributed by atoms with Crippen molar-refractivity contribution in [3.05, 3.63) is 99.7 Å². The molecular formula is C30H24N8O2. The molecule has 2 aromatic carbocycles. The fourth-order valence-electron chi connectivity index (χ4n) is 4.93. The van der Waals surface area contributed by atoms with Crippen molar-refractivity contribution in [2.24, 2.45) is 0 Å². The largest absolute Gasteiger partial charge is 0.429 e. The summed E-state index contributed by atoms with van der Waals surface area (Å²) in [6.07, 6.45) is 8.95. The lowest BCUT2D eigenvalue weighted by Crippen LogP contribution is -2.24. The zero-order valence-corrected chi connectivity index (χ0v) is 21.8. The number of nitrogens with zero attached hydrogens (tertiary/aromatic N) is 6. The molecule has 0 aliphatic carbocycles. The van der Waals surface area contributed by atoms with Gasteiger partial charge >= 0.3 is 0 Å². The van der Waals surface area contributed by atoms with Crippen molar-refractivity contribution in [3.63, 3.8) is 0 Å². The summed E-state index contributed by atoms with van der Waals surface area (Å²) >= 11 is 0. The molecule has 4 aromatic heterocycles. The predicted molar refractivity (Wildman–Crippen MR) is 155 cm³/mol. The molecular weight excluding hydrogens is 504 g/mol. The molecule has 0 aliphatic heterocycles. The van der Waals surface area contributed by atoms with E-state index in [1.807, 2.05) is 61.5 Å². The lowest BCUT2D eigenvalue weighted by atomic mass is 10.1. The zero-order valence-electron chi connectivity index (χ0n) is 21.8. The average Bonchev–Trinajstić information content (AvgIpc) is 3.46. The first kappa shape index (κ1) is 24.6. The maximum Gasteiger partial charge on any atom is 0.292 e. The van der Waals surface area contributed by atoms with Crippen LogP contribution in [0.15, 0.2) is 70.1 Å². The highest BCUT2D eigenvalue weighted by Gasteiger charge is 2.21. The Morgan fingerprint density at radius 2 is 1.88 bits per heavy atom. The normalized spacial score (nSPS) is 11.8. The minimum atomic E-state index is -0.120. The van der Waals surface area contributed by atoms with E-state index in [-0.39, 0.29) is 23.9 Å².